The Hall–Kier alpha value is -2.22. The molecule has 1 aromatic heterocycles. The molecule has 2 aromatic carbocycles. The molecule has 1 heterocycles. The van der Waals surface area contributed by atoms with Gasteiger partial charge in [0.2, 0.25) is 17.6 Å². The Morgan fingerprint density at radius 1 is 1.21 bits per heavy atom. The minimum atomic E-state index is -0.0706. The summed E-state index contributed by atoms with van der Waals surface area (Å²) in [6.07, 6.45) is 0.705. The lowest BCUT2D eigenvalue weighted by atomic mass is 10.2. The van der Waals surface area contributed by atoms with E-state index in [0.29, 0.717) is 24.6 Å². The fourth-order valence-electron chi connectivity index (χ4n) is 2.26. The van der Waals surface area contributed by atoms with Gasteiger partial charge in [-0.25, -0.2) is 0 Å². The van der Waals surface area contributed by atoms with Gasteiger partial charge in [-0.1, -0.05) is 35.5 Å². The summed E-state index contributed by atoms with van der Waals surface area (Å²) in [6, 6.07) is 15.5. The first kappa shape index (κ1) is 16.6. The molecule has 0 unspecified atom stereocenters. The first-order valence-electron chi connectivity index (χ1n) is 7.56. The number of hydrogen-bond donors (Lipinski definition) is 1. The lowest BCUT2D eigenvalue weighted by Crippen LogP contribution is -2.13. The molecule has 3 rings (SSSR count). The highest BCUT2D eigenvalue weighted by molar-refractivity contribution is 14.1. The minimum absolute atomic E-state index is 0.0706. The number of nitrogens with zero attached hydrogens (tertiary/aromatic N) is 2. The predicted molar refractivity (Wildman–Crippen MR) is 101 cm³/mol. The van der Waals surface area contributed by atoms with Gasteiger partial charge in [-0.3, -0.25) is 4.79 Å². The molecule has 1 amide bonds. The molecule has 0 saturated heterocycles. The molecule has 122 valence electrons. The maximum absolute atomic E-state index is 12.1. The molecule has 0 fully saturated rings. The van der Waals surface area contributed by atoms with Gasteiger partial charge in [0.1, 0.15) is 0 Å². The van der Waals surface area contributed by atoms with Crippen LogP contribution in [-0.2, 0) is 11.2 Å². The van der Waals surface area contributed by atoms with E-state index in [2.05, 4.69) is 38.0 Å². The van der Waals surface area contributed by atoms with E-state index in [9.17, 15) is 4.79 Å². The van der Waals surface area contributed by atoms with E-state index < -0.39 is 0 Å². The largest absolute Gasteiger partial charge is 0.339 e. The standard InChI is InChI=1S/C18H16IN3O2/c1-12-11-14(19)7-8-15(12)20-16(23)9-10-17-21-18(22-24-17)13-5-3-2-4-6-13/h2-8,11H,9-10H2,1H3,(H,20,23). The van der Waals surface area contributed by atoms with Gasteiger partial charge in [0, 0.05) is 27.7 Å². The van der Waals surface area contributed by atoms with Crippen molar-refractivity contribution < 1.29 is 9.32 Å². The lowest BCUT2D eigenvalue weighted by molar-refractivity contribution is -0.116. The number of anilines is 1. The summed E-state index contributed by atoms with van der Waals surface area (Å²) < 4.78 is 6.36. The van der Waals surface area contributed by atoms with Crippen LogP contribution < -0.4 is 5.32 Å². The van der Waals surface area contributed by atoms with Crippen LogP contribution >= 0.6 is 22.6 Å². The summed E-state index contributed by atoms with van der Waals surface area (Å²) in [5, 5.41) is 6.87. The SMILES string of the molecule is Cc1cc(I)ccc1NC(=O)CCc1nc(-c2ccccc2)no1. The van der Waals surface area contributed by atoms with E-state index in [1.54, 1.807) is 0 Å². The second-order valence-corrected chi connectivity index (χ2v) is 6.63. The van der Waals surface area contributed by atoms with Crippen molar-refractivity contribution in [3.8, 4) is 11.4 Å². The Kier molecular flexibility index (Phi) is 5.24. The summed E-state index contributed by atoms with van der Waals surface area (Å²) in [7, 11) is 0. The van der Waals surface area contributed by atoms with Crippen molar-refractivity contribution in [3.63, 3.8) is 0 Å². The number of carbonyl (C=O) groups excluding carboxylic acids is 1. The van der Waals surface area contributed by atoms with Crippen molar-refractivity contribution in [1.29, 1.82) is 0 Å². The highest BCUT2D eigenvalue weighted by Gasteiger charge is 2.11. The molecule has 5 nitrogen and oxygen atoms in total. The third-order valence-electron chi connectivity index (χ3n) is 3.53. The van der Waals surface area contributed by atoms with Crippen LogP contribution in [0.4, 0.5) is 5.69 Å². The highest BCUT2D eigenvalue weighted by atomic mass is 127. The Balaban J connectivity index is 1.58. The van der Waals surface area contributed by atoms with Gasteiger partial charge in [0.05, 0.1) is 0 Å². The van der Waals surface area contributed by atoms with E-state index in [1.807, 2.05) is 55.5 Å². The third-order valence-corrected chi connectivity index (χ3v) is 4.20. The minimum Gasteiger partial charge on any atom is -0.339 e. The third kappa shape index (κ3) is 4.19. The quantitative estimate of drug-likeness (QED) is 0.612. The maximum atomic E-state index is 12.1. The van der Waals surface area contributed by atoms with Gasteiger partial charge in [0.25, 0.3) is 0 Å². The first-order valence-corrected chi connectivity index (χ1v) is 8.64. The zero-order valence-electron chi connectivity index (χ0n) is 13.1. The fraction of sp³-hybridized carbons (Fsp3) is 0.167. The van der Waals surface area contributed by atoms with E-state index in [0.717, 1.165) is 20.4 Å². The molecule has 0 bridgehead atoms. The Labute approximate surface area is 153 Å². The molecule has 6 heteroatoms. The maximum Gasteiger partial charge on any atom is 0.227 e. The van der Waals surface area contributed by atoms with Crippen LogP contribution in [0.3, 0.4) is 0 Å². The topological polar surface area (TPSA) is 68.0 Å². The van der Waals surface area contributed by atoms with Crippen LogP contribution in [-0.4, -0.2) is 16.0 Å². The molecule has 0 aliphatic rings. The van der Waals surface area contributed by atoms with Crippen molar-refractivity contribution in [1.82, 2.24) is 10.1 Å². The number of aromatic nitrogens is 2. The molecule has 0 radical (unpaired) electrons. The van der Waals surface area contributed by atoms with Gasteiger partial charge in [0.15, 0.2) is 0 Å². The van der Waals surface area contributed by atoms with Crippen LogP contribution in [0.2, 0.25) is 0 Å². The average Bonchev–Trinajstić information content (AvgIpc) is 3.05. The molecule has 0 aliphatic heterocycles. The Bertz CT molecular complexity index is 846. The number of rotatable bonds is 5. The normalized spacial score (nSPS) is 10.6. The summed E-state index contributed by atoms with van der Waals surface area (Å²) in [6.45, 7) is 1.97. The number of amides is 1. The highest BCUT2D eigenvalue weighted by Crippen LogP contribution is 2.18. The van der Waals surface area contributed by atoms with Crippen LogP contribution in [0.15, 0.2) is 53.1 Å². The fourth-order valence-corrected chi connectivity index (χ4v) is 2.91. The van der Waals surface area contributed by atoms with E-state index in [4.69, 9.17) is 4.52 Å². The van der Waals surface area contributed by atoms with E-state index in [-0.39, 0.29) is 5.91 Å². The van der Waals surface area contributed by atoms with Crippen LogP contribution in [0.25, 0.3) is 11.4 Å². The summed E-state index contributed by atoms with van der Waals surface area (Å²) in [5.74, 6) is 0.932. The Morgan fingerprint density at radius 3 is 2.75 bits per heavy atom. The van der Waals surface area contributed by atoms with Gasteiger partial charge in [-0.15, -0.1) is 0 Å². The van der Waals surface area contributed by atoms with Crippen LogP contribution in [0.5, 0.6) is 0 Å². The zero-order valence-corrected chi connectivity index (χ0v) is 15.3. The van der Waals surface area contributed by atoms with Crippen molar-refractivity contribution in [2.45, 2.75) is 19.8 Å². The zero-order chi connectivity index (χ0) is 16.9. The number of benzene rings is 2. The molecular formula is C18H16IN3O2. The monoisotopic (exact) mass is 433 g/mol. The van der Waals surface area contributed by atoms with Gasteiger partial charge >= 0.3 is 0 Å². The predicted octanol–water partition coefficient (Wildman–Crippen LogP) is 4.22. The number of aryl methyl sites for hydroxylation is 2. The molecule has 24 heavy (non-hydrogen) atoms. The molecular weight excluding hydrogens is 417 g/mol. The van der Waals surface area contributed by atoms with Gasteiger partial charge in [-0.2, -0.15) is 4.98 Å². The smallest absolute Gasteiger partial charge is 0.227 e. The number of carbonyl (C=O) groups is 1. The van der Waals surface area contributed by atoms with Crippen molar-refractivity contribution in [3.05, 3.63) is 63.6 Å². The Morgan fingerprint density at radius 2 is 2.00 bits per heavy atom. The summed E-state index contributed by atoms with van der Waals surface area (Å²) in [4.78, 5) is 16.4. The molecule has 3 aromatic rings. The van der Waals surface area contributed by atoms with Gasteiger partial charge in [-0.05, 0) is 53.3 Å². The lowest BCUT2D eigenvalue weighted by Gasteiger charge is -2.08. The molecule has 0 aliphatic carbocycles. The van der Waals surface area contributed by atoms with E-state index >= 15 is 0 Å². The second-order valence-electron chi connectivity index (χ2n) is 5.39. The van der Waals surface area contributed by atoms with Crippen molar-refractivity contribution >= 4 is 34.2 Å². The molecule has 0 saturated carbocycles. The van der Waals surface area contributed by atoms with Crippen LogP contribution in [0.1, 0.15) is 17.9 Å². The average molecular weight is 433 g/mol. The van der Waals surface area contributed by atoms with Crippen LogP contribution in [0, 0.1) is 10.5 Å². The van der Waals surface area contributed by atoms with Crippen molar-refractivity contribution in [2.24, 2.45) is 0 Å². The first-order chi connectivity index (χ1) is 11.6. The molecule has 0 spiro atoms. The number of hydrogen-bond acceptors (Lipinski definition) is 4. The summed E-state index contributed by atoms with van der Waals surface area (Å²) >= 11 is 2.25. The molecule has 1 N–H and O–H groups in total. The van der Waals surface area contributed by atoms with Crippen molar-refractivity contribution in [2.75, 3.05) is 5.32 Å². The van der Waals surface area contributed by atoms with E-state index in [1.165, 1.54) is 0 Å². The van der Waals surface area contributed by atoms with Gasteiger partial charge < -0.3 is 9.84 Å². The molecule has 0 atom stereocenters. The summed E-state index contributed by atoms with van der Waals surface area (Å²) in [5.41, 5.74) is 2.77. The number of nitrogens with one attached hydrogen (secondary N) is 1. The second kappa shape index (κ2) is 7.57. The number of halogens is 1.